The SMILES string of the molecule is CNc1ccc(C2=C3[C@@H]4CC(C)(C)CC[C@]4(C(=O)OCc4ccccc4)CC[C@@]3(C)[C@]3(C)CC[C@H]4C(C)(C)c5n[nH]c(N)c5C[C@]4(C)C3C2)cn1. The Labute approximate surface area is 305 Å². The molecular weight excluding hydrogens is 631 g/mol. The van der Waals surface area contributed by atoms with Gasteiger partial charge < -0.3 is 15.8 Å². The molecule has 4 N–H and O–H groups in total. The first-order valence-corrected chi connectivity index (χ1v) is 19.5. The summed E-state index contributed by atoms with van der Waals surface area (Å²) in [5.41, 5.74) is 13.8. The van der Waals surface area contributed by atoms with Crippen molar-refractivity contribution in [2.45, 2.75) is 118 Å². The molecule has 5 aliphatic rings. The number of nitrogens with zero attached hydrogens (tertiary/aromatic N) is 2. The third-order valence-electron chi connectivity index (χ3n) is 15.9. The maximum atomic E-state index is 14.8. The zero-order valence-corrected chi connectivity index (χ0v) is 32.2. The number of aromatic nitrogens is 3. The van der Waals surface area contributed by atoms with Crippen LogP contribution in [0.15, 0.2) is 54.2 Å². The Bertz CT molecular complexity index is 1880. The van der Waals surface area contributed by atoms with Gasteiger partial charge in [-0.1, -0.05) is 84.4 Å². The number of carbonyl (C=O) groups is 1. The molecule has 0 saturated heterocycles. The van der Waals surface area contributed by atoms with Crippen LogP contribution in [0, 0.1) is 44.8 Å². The van der Waals surface area contributed by atoms with Crippen LogP contribution in [0.1, 0.15) is 122 Å². The van der Waals surface area contributed by atoms with Crippen LogP contribution in [-0.2, 0) is 28.0 Å². The second kappa shape index (κ2) is 11.4. The van der Waals surface area contributed by atoms with Gasteiger partial charge in [0.1, 0.15) is 18.2 Å². The molecule has 0 spiro atoms. The van der Waals surface area contributed by atoms with Crippen LogP contribution in [0.3, 0.4) is 0 Å². The van der Waals surface area contributed by atoms with E-state index in [2.05, 4.69) is 89.3 Å². The number of rotatable bonds is 5. The van der Waals surface area contributed by atoms with Gasteiger partial charge in [-0.15, -0.1) is 0 Å². The molecule has 2 aromatic heterocycles. The van der Waals surface area contributed by atoms with Gasteiger partial charge in [0, 0.05) is 24.2 Å². The number of anilines is 2. The number of esters is 1. The molecule has 2 heterocycles. The molecule has 7 nitrogen and oxygen atoms in total. The van der Waals surface area contributed by atoms with Gasteiger partial charge in [-0.25, -0.2) is 4.98 Å². The molecule has 51 heavy (non-hydrogen) atoms. The summed E-state index contributed by atoms with van der Waals surface area (Å²) in [4.78, 5) is 19.6. The van der Waals surface area contributed by atoms with E-state index < -0.39 is 5.41 Å². The van der Waals surface area contributed by atoms with E-state index >= 15 is 0 Å². The molecule has 0 amide bonds. The van der Waals surface area contributed by atoms with Crippen molar-refractivity contribution in [3.05, 3.63) is 76.6 Å². The number of nitrogens with two attached hydrogens (primary N) is 1. The first-order chi connectivity index (χ1) is 24.1. The van der Waals surface area contributed by atoms with Crippen molar-refractivity contribution in [1.82, 2.24) is 15.2 Å². The fourth-order valence-electron chi connectivity index (χ4n) is 13.0. The molecule has 0 aliphatic heterocycles. The molecule has 0 radical (unpaired) electrons. The zero-order valence-electron chi connectivity index (χ0n) is 32.2. The average molecular weight is 690 g/mol. The molecule has 5 aliphatic carbocycles. The zero-order chi connectivity index (χ0) is 36.2. The minimum Gasteiger partial charge on any atom is -0.460 e. The van der Waals surface area contributed by atoms with Crippen LogP contribution in [0.4, 0.5) is 11.6 Å². The van der Waals surface area contributed by atoms with Gasteiger partial charge in [0.05, 0.1) is 11.1 Å². The van der Waals surface area contributed by atoms with Crippen molar-refractivity contribution in [3.8, 4) is 0 Å². The van der Waals surface area contributed by atoms with E-state index in [1.54, 1.807) is 0 Å². The van der Waals surface area contributed by atoms with E-state index in [4.69, 9.17) is 20.6 Å². The number of fused-ring (bicyclic) bond motifs is 8. The minimum absolute atomic E-state index is 0.00403. The molecule has 1 unspecified atom stereocenters. The standard InChI is InChI=1S/C44H59N5O2/c1-39(2)18-20-44(38(50)51-26-27-12-10-9-11-13-27)21-19-43(7)35(31(44)24-39)29(28-14-15-34(46-8)47-25-28)22-33-41(5)23-30-36(48-49-37(30)45)40(3,4)32(41)16-17-42(33,43)6/h9-15,25,31-33H,16-24,26H2,1-8H3,(H,46,47)(H3,45,48,49)/t31-,32-,33?,41-,42+,43+,44-/m0/s1. The number of carbonyl (C=O) groups excluding carboxylic acids is 1. The van der Waals surface area contributed by atoms with Crippen LogP contribution in [-0.4, -0.2) is 28.2 Å². The van der Waals surface area contributed by atoms with E-state index in [-0.39, 0.29) is 39.0 Å². The summed E-state index contributed by atoms with van der Waals surface area (Å²) in [5.74, 6) is 2.63. The average Bonchev–Trinajstić information content (AvgIpc) is 3.47. The Morgan fingerprint density at radius 3 is 2.41 bits per heavy atom. The number of ether oxygens (including phenoxy) is 1. The molecular formula is C44H59N5O2. The van der Waals surface area contributed by atoms with Crippen LogP contribution >= 0.6 is 0 Å². The number of nitrogens with one attached hydrogen (secondary N) is 2. The molecule has 7 heteroatoms. The van der Waals surface area contributed by atoms with E-state index in [1.807, 2.05) is 25.2 Å². The predicted octanol–water partition coefficient (Wildman–Crippen LogP) is 9.51. The number of nitrogen functional groups attached to an aromatic ring is 1. The summed E-state index contributed by atoms with van der Waals surface area (Å²) in [6.45, 7) is 17.8. The number of pyridine rings is 1. The summed E-state index contributed by atoms with van der Waals surface area (Å²) in [6, 6.07) is 14.6. The quantitative estimate of drug-likeness (QED) is 0.231. The van der Waals surface area contributed by atoms with Crippen LogP contribution < -0.4 is 11.1 Å². The van der Waals surface area contributed by atoms with Gasteiger partial charge in [0.2, 0.25) is 0 Å². The Morgan fingerprint density at radius 1 is 0.961 bits per heavy atom. The van der Waals surface area contributed by atoms with Gasteiger partial charge in [-0.2, -0.15) is 5.10 Å². The Balaban J connectivity index is 1.31. The van der Waals surface area contributed by atoms with Crippen LogP contribution in [0.25, 0.3) is 5.57 Å². The molecule has 0 bridgehead atoms. The van der Waals surface area contributed by atoms with Gasteiger partial charge in [-0.3, -0.25) is 9.89 Å². The monoisotopic (exact) mass is 689 g/mol. The van der Waals surface area contributed by atoms with Crippen molar-refractivity contribution in [3.63, 3.8) is 0 Å². The molecule has 1 aromatic carbocycles. The number of aromatic amines is 1. The van der Waals surface area contributed by atoms with Crippen molar-refractivity contribution in [2.75, 3.05) is 18.1 Å². The smallest absolute Gasteiger partial charge is 0.313 e. The Morgan fingerprint density at radius 2 is 1.71 bits per heavy atom. The highest BCUT2D eigenvalue weighted by Gasteiger charge is 2.70. The van der Waals surface area contributed by atoms with Crippen molar-refractivity contribution >= 4 is 23.2 Å². The fourth-order valence-corrected chi connectivity index (χ4v) is 13.0. The Hall–Kier alpha value is -3.61. The molecule has 8 rings (SSSR count). The van der Waals surface area contributed by atoms with Crippen molar-refractivity contribution in [1.29, 1.82) is 0 Å². The van der Waals surface area contributed by atoms with Gasteiger partial charge in [0.15, 0.2) is 0 Å². The normalized spacial score (nSPS) is 36.1. The summed E-state index contributed by atoms with van der Waals surface area (Å²) in [5, 5.41) is 11.2. The molecule has 272 valence electrons. The lowest BCUT2D eigenvalue weighted by molar-refractivity contribution is -0.181. The third kappa shape index (κ3) is 4.84. The highest BCUT2D eigenvalue weighted by molar-refractivity contribution is 5.81. The maximum absolute atomic E-state index is 14.8. The maximum Gasteiger partial charge on any atom is 0.313 e. The number of H-pyrrole nitrogens is 1. The van der Waals surface area contributed by atoms with E-state index in [1.165, 1.54) is 35.1 Å². The third-order valence-corrected chi connectivity index (χ3v) is 15.9. The largest absolute Gasteiger partial charge is 0.460 e. The van der Waals surface area contributed by atoms with Gasteiger partial charge in [0.25, 0.3) is 0 Å². The molecule has 3 aromatic rings. The van der Waals surface area contributed by atoms with E-state index in [0.717, 1.165) is 67.8 Å². The predicted molar refractivity (Wildman–Crippen MR) is 205 cm³/mol. The number of hydrogen-bond acceptors (Lipinski definition) is 6. The van der Waals surface area contributed by atoms with Crippen molar-refractivity contribution in [2.24, 2.45) is 44.8 Å². The lowest BCUT2D eigenvalue weighted by atomic mass is 9.33. The summed E-state index contributed by atoms with van der Waals surface area (Å²) in [7, 11) is 1.93. The van der Waals surface area contributed by atoms with Crippen LogP contribution in [0.2, 0.25) is 0 Å². The van der Waals surface area contributed by atoms with Crippen LogP contribution in [0.5, 0.6) is 0 Å². The first kappa shape index (κ1) is 34.5. The lowest BCUT2D eigenvalue weighted by Gasteiger charge is -2.71. The Kier molecular flexibility index (Phi) is 7.74. The summed E-state index contributed by atoms with van der Waals surface area (Å²) in [6.07, 6.45) is 11.1. The summed E-state index contributed by atoms with van der Waals surface area (Å²) < 4.78 is 6.36. The lowest BCUT2D eigenvalue weighted by Crippen LogP contribution is -2.65. The fraction of sp³-hybridized carbons (Fsp3) is 0.614. The topological polar surface area (TPSA) is 106 Å². The number of allylic oxidation sites excluding steroid dienone is 2. The van der Waals surface area contributed by atoms with E-state index in [9.17, 15) is 4.79 Å². The molecule has 7 atom stereocenters. The summed E-state index contributed by atoms with van der Waals surface area (Å²) >= 11 is 0. The number of benzene rings is 1. The minimum atomic E-state index is -0.528. The second-order valence-corrected chi connectivity index (χ2v) is 19.2. The second-order valence-electron chi connectivity index (χ2n) is 19.2. The first-order valence-electron chi connectivity index (χ1n) is 19.5. The van der Waals surface area contributed by atoms with Gasteiger partial charge in [-0.05, 0) is 126 Å². The highest BCUT2D eigenvalue weighted by atomic mass is 16.5. The number of hydrogen-bond donors (Lipinski definition) is 3. The van der Waals surface area contributed by atoms with Crippen molar-refractivity contribution < 1.29 is 9.53 Å². The highest BCUT2D eigenvalue weighted by Crippen LogP contribution is 2.77. The van der Waals surface area contributed by atoms with Gasteiger partial charge >= 0.3 is 5.97 Å². The molecule has 3 fully saturated rings. The van der Waals surface area contributed by atoms with E-state index in [0.29, 0.717) is 18.4 Å². The molecule has 3 saturated carbocycles.